The normalized spacial score (nSPS) is 11.1. The number of halogens is 4. The molecule has 30 heavy (non-hydrogen) atoms. The van der Waals surface area contributed by atoms with E-state index in [2.05, 4.69) is 37.9 Å². The number of methoxy groups -OCH3 is 1. The smallest absolute Gasteiger partial charge is 0.162 e. The van der Waals surface area contributed by atoms with E-state index in [1.54, 1.807) is 25.3 Å². The number of ether oxygens (including phenoxy) is 2. The van der Waals surface area contributed by atoms with Gasteiger partial charge in [-0.15, -0.1) is 0 Å². The highest BCUT2D eigenvalue weighted by Crippen LogP contribution is 2.36. The fourth-order valence-corrected chi connectivity index (χ4v) is 3.86. The van der Waals surface area contributed by atoms with Crippen molar-refractivity contribution in [3.8, 4) is 17.6 Å². The van der Waals surface area contributed by atoms with E-state index in [1.807, 2.05) is 42.5 Å². The summed E-state index contributed by atoms with van der Waals surface area (Å²) in [4.78, 5) is 0. The van der Waals surface area contributed by atoms with Gasteiger partial charge in [-0.2, -0.15) is 5.26 Å². The average Bonchev–Trinajstić information content (AvgIpc) is 2.73. The lowest BCUT2D eigenvalue weighted by Gasteiger charge is -2.14. The first-order valence-electron chi connectivity index (χ1n) is 8.73. The lowest BCUT2D eigenvalue weighted by Crippen LogP contribution is -1.99. The van der Waals surface area contributed by atoms with E-state index in [4.69, 9.17) is 32.7 Å². The molecule has 0 aromatic heterocycles. The van der Waals surface area contributed by atoms with Crippen molar-refractivity contribution in [1.29, 1.82) is 5.26 Å². The molecule has 0 N–H and O–H groups in total. The molecule has 7 heteroatoms. The molecule has 0 aliphatic heterocycles. The van der Waals surface area contributed by atoms with E-state index in [9.17, 15) is 5.26 Å². The number of hydrogen-bond donors (Lipinski definition) is 0. The van der Waals surface area contributed by atoms with Crippen LogP contribution in [0.3, 0.4) is 0 Å². The summed E-state index contributed by atoms with van der Waals surface area (Å²) >= 11 is 19.1. The van der Waals surface area contributed by atoms with Gasteiger partial charge in [0.15, 0.2) is 11.5 Å². The fourth-order valence-electron chi connectivity index (χ4n) is 2.69. The number of benzene rings is 3. The predicted octanol–water partition coefficient (Wildman–Crippen LogP) is 8.17. The quantitative estimate of drug-likeness (QED) is 0.223. The van der Waals surface area contributed by atoms with Gasteiger partial charge in [-0.25, -0.2) is 0 Å². The molecule has 0 radical (unpaired) electrons. The maximum absolute atomic E-state index is 9.61. The molecule has 0 aliphatic rings. The summed E-state index contributed by atoms with van der Waals surface area (Å²) < 4.78 is 13.1. The Kier molecular flexibility index (Phi) is 7.85. The number of hydrogen-bond acceptors (Lipinski definition) is 3. The van der Waals surface area contributed by atoms with Crippen molar-refractivity contribution in [2.24, 2.45) is 0 Å². The second-order valence-corrected chi connectivity index (χ2v) is 8.84. The van der Waals surface area contributed by atoms with E-state index in [0.717, 1.165) is 25.6 Å². The molecule has 0 amide bonds. The molecule has 0 aliphatic carbocycles. The largest absolute Gasteiger partial charge is 0.493 e. The molecule has 152 valence electrons. The van der Waals surface area contributed by atoms with Gasteiger partial charge in [0.05, 0.1) is 18.8 Å². The predicted molar refractivity (Wildman–Crippen MR) is 129 cm³/mol. The lowest BCUT2D eigenvalue weighted by molar-refractivity contribution is 0.284. The van der Waals surface area contributed by atoms with Crippen molar-refractivity contribution < 1.29 is 9.47 Å². The molecular formula is C23H15Br2Cl2NO2. The zero-order chi connectivity index (χ0) is 21.7. The third kappa shape index (κ3) is 5.59. The van der Waals surface area contributed by atoms with Crippen molar-refractivity contribution in [1.82, 2.24) is 0 Å². The standard InChI is InChI=1S/C23H15Br2Cl2NO2/c1-29-22-9-16(8-17(12-28)14-2-5-18(24)6-3-14)20(25)11-23(22)30-13-15-4-7-19(26)10-21(15)27/h2-11H,13H2,1H3. The number of nitrogens with zero attached hydrogens (tertiary/aromatic N) is 1. The minimum atomic E-state index is 0.260. The molecule has 3 nitrogen and oxygen atoms in total. The van der Waals surface area contributed by atoms with Crippen LogP contribution in [0.2, 0.25) is 10.0 Å². The van der Waals surface area contributed by atoms with Gasteiger partial charge in [-0.3, -0.25) is 0 Å². The van der Waals surface area contributed by atoms with Gasteiger partial charge in [0.1, 0.15) is 6.61 Å². The van der Waals surface area contributed by atoms with Gasteiger partial charge in [0, 0.05) is 24.6 Å². The molecule has 3 aromatic carbocycles. The molecule has 0 heterocycles. The Morgan fingerprint density at radius 3 is 2.40 bits per heavy atom. The Bertz CT molecular complexity index is 1140. The summed E-state index contributed by atoms with van der Waals surface area (Å²) in [6, 6.07) is 18.7. The van der Waals surface area contributed by atoms with E-state index in [1.165, 1.54) is 0 Å². The minimum Gasteiger partial charge on any atom is -0.493 e. The van der Waals surface area contributed by atoms with Crippen molar-refractivity contribution in [3.05, 3.63) is 90.3 Å². The van der Waals surface area contributed by atoms with Crippen LogP contribution in [-0.2, 0) is 6.61 Å². The monoisotopic (exact) mass is 565 g/mol. The Balaban J connectivity index is 1.89. The molecular weight excluding hydrogens is 553 g/mol. The second-order valence-electron chi connectivity index (χ2n) is 6.23. The molecule has 3 rings (SSSR count). The first-order valence-corrected chi connectivity index (χ1v) is 11.1. The van der Waals surface area contributed by atoms with Crippen LogP contribution in [0.4, 0.5) is 0 Å². The molecule has 0 fully saturated rings. The van der Waals surface area contributed by atoms with Gasteiger partial charge >= 0.3 is 0 Å². The highest BCUT2D eigenvalue weighted by molar-refractivity contribution is 9.10. The van der Waals surface area contributed by atoms with Gasteiger partial charge in [-0.05, 0) is 53.6 Å². The maximum Gasteiger partial charge on any atom is 0.162 e. The van der Waals surface area contributed by atoms with Crippen LogP contribution in [0, 0.1) is 11.3 Å². The van der Waals surface area contributed by atoms with Crippen molar-refractivity contribution in [3.63, 3.8) is 0 Å². The Labute approximate surface area is 202 Å². The zero-order valence-corrected chi connectivity index (χ0v) is 20.4. The molecule has 0 atom stereocenters. The minimum absolute atomic E-state index is 0.260. The molecule has 0 saturated carbocycles. The van der Waals surface area contributed by atoms with Crippen LogP contribution >= 0.6 is 55.1 Å². The van der Waals surface area contributed by atoms with Gasteiger partial charge in [0.2, 0.25) is 0 Å². The van der Waals surface area contributed by atoms with Crippen molar-refractivity contribution >= 4 is 66.7 Å². The Hall–Kier alpha value is -1.97. The topological polar surface area (TPSA) is 42.2 Å². The molecule has 0 bridgehead atoms. The van der Waals surface area contributed by atoms with E-state index < -0.39 is 0 Å². The summed E-state index contributed by atoms with van der Waals surface area (Å²) in [6.07, 6.45) is 1.80. The first-order chi connectivity index (χ1) is 14.4. The fraction of sp³-hybridized carbons (Fsp3) is 0.0870. The highest BCUT2D eigenvalue weighted by Gasteiger charge is 2.12. The van der Waals surface area contributed by atoms with E-state index in [-0.39, 0.29) is 6.61 Å². The van der Waals surface area contributed by atoms with Crippen LogP contribution < -0.4 is 9.47 Å². The third-order valence-corrected chi connectivity index (χ3v) is 6.06. The third-order valence-electron chi connectivity index (χ3n) is 4.26. The lowest BCUT2D eigenvalue weighted by atomic mass is 10.0. The van der Waals surface area contributed by atoms with Gasteiger partial charge in [0.25, 0.3) is 0 Å². The Morgan fingerprint density at radius 2 is 1.77 bits per heavy atom. The summed E-state index contributed by atoms with van der Waals surface area (Å²) in [5.41, 5.74) is 2.96. The van der Waals surface area contributed by atoms with Crippen LogP contribution in [-0.4, -0.2) is 7.11 Å². The van der Waals surface area contributed by atoms with Crippen LogP contribution in [0.5, 0.6) is 11.5 Å². The SMILES string of the molecule is COc1cc(C=C(C#N)c2ccc(Br)cc2)c(Br)cc1OCc1ccc(Cl)cc1Cl. The van der Waals surface area contributed by atoms with Crippen LogP contribution in [0.1, 0.15) is 16.7 Å². The highest BCUT2D eigenvalue weighted by atomic mass is 79.9. The van der Waals surface area contributed by atoms with Crippen LogP contribution in [0.15, 0.2) is 63.5 Å². The molecule has 0 saturated heterocycles. The zero-order valence-electron chi connectivity index (χ0n) is 15.8. The number of rotatable bonds is 6. The number of allylic oxidation sites excluding steroid dienone is 1. The molecule has 0 spiro atoms. The van der Waals surface area contributed by atoms with Crippen LogP contribution in [0.25, 0.3) is 11.6 Å². The second kappa shape index (κ2) is 10.4. The van der Waals surface area contributed by atoms with Gasteiger partial charge in [-0.1, -0.05) is 73.3 Å². The number of nitriles is 1. The van der Waals surface area contributed by atoms with E-state index in [0.29, 0.717) is 27.1 Å². The summed E-state index contributed by atoms with van der Waals surface area (Å²) in [5, 5.41) is 10.7. The molecule has 3 aromatic rings. The average molecular weight is 568 g/mol. The van der Waals surface area contributed by atoms with E-state index >= 15 is 0 Å². The van der Waals surface area contributed by atoms with Crippen molar-refractivity contribution in [2.75, 3.05) is 7.11 Å². The first kappa shape index (κ1) is 22.7. The molecule has 0 unspecified atom stereocenters. The summed E-state index contributed by atoms with van der Waals surface area (Å²) in [5.74, 6) is 1.09. The van der Waals surface area contributed by atoms with Gasteiger partial charge < -0.3 is 9.47 Å². The Morgan fingerprint density at radius 1 is 1.03 bits per heavy atom. The van der Waals surface area contributed by atoms with Crippen molar-refractivity contribution in [2.45, 2.75) is 6.61 Å². The summed E-state index contributed by atoms with van der Waals surface area (Å²) in [7, 11) is 1.57. The summed E-state index contributed by atoms with van der Waals surface area (Å²) in [6.45, 7) is 0.260. The maximum atomic E-state index is 9.61.